The molecular weight excluding hydrogens is 481 g/mol. The number of rotatable bonds is 8. The summed E-state index contributed by atoms with van der Waals surface area (Å²) in [5.41, 5.74) is 2.01. The van der Waals surface area contributed by atoms with Crippen molar-refractivity contribution in [2.45, 2.75) is 58.5 Å². The molecule has 2 aromatic carbocycles. The second kappa shape index (κ2) is 10.6. The smallest absolute Gasteiger partial charge is 0.378 e. The molecular formula is C28H33F3N4O2. The Balaban J connectivity index is 1.87. The van der Waals surface area contributed by atoms with Gasteiger partial charge in [-0.05, 0) is 49.6 Å². The van der Waals surface area contributed by atoms with Gasteiger partial charge in [-0.15, -0.1) is 0 Å². The number of hydrogen-bond donors (Lipinski definition) is 1. The zero-order valence-corrected chi connectivity index (χ0v) is 21.8. The van der Waals surface area contributed by atoms with Gasteiger partial charge in [-0.3, -0.25) is 9.36 Å². The second-order valence-electron chi connectivity index (χ2n) is 9.30. The van der Waals surface area contributed by atoms with Gasteiger partial charge in [0.2, 0.25) is 0 Å². The number of benzene rings is 2. The number of nitrogens with one attached hydrogen (secondary N) is 1. The summed E-state index contributed by atoms with van der Waals surface area (Å²) in [7, 11) is 3.36. The molecule has 198 valence electrons. The third-order valence-corrected chi connectivity index (χ3v) is 6.82. The summed E-state index contributed by atoms with van der Waals surface area (Å²) in [5, 5.41) is 3.39. The van der Waals surface area contributed by atoms with Crippen molar-refractivity contribution in [3.63, 3.8) is 0 Å². The van der Waals surface area contributed by atoms with Crippen molar-refractivity contribution in [3.8, 4) is 11.4 Å². The minimum Gasteiger partial charge on any atom is -0.378 e. The highest BCUT2D eigenvalue weighted by molar-refractivity contribution is 5.68. The number of alkyl halides is 3. The Morgan fingerprint density at radius 3 is 2.49 bits per heavy atom. The Labute approximate surface area is 215 Å². The highest BCUT2D eigenvalue weighted by atomic mass is 19.4. The van der Waals surface area contributed by atoms with Crippen LogP contribution in [0.1, 0.15) is 49.2 Å². The van der Waals surface area contributed by atoms with E-state index in [4.69, 9.17) is 4.74 Å². The van der Waals surface area contributed by atoms with Crippen LogP contribution in [-0.2, 0) is 30.3 Å². The van der Waals surface area contributed by atoms with E-state index in [9.17, 15) is 18.0 Å². The van der Waals surface area contributed by atoms with Crippen molar-refractivity contribution in [2.75, 3.05) is 30.9 Å². The molecule has 1 N–H and O–H groups in total. The van der Waals surface area contributed by atoms with Gasteiger partial charge in [-0.25, -0.2) is 4.98 Å². The molecule has 0 bridgehead atoms. The fraction of sp³-hybridized carbons (Fsp3) is 0.429. The molecule has 4 rings (SSSR count). The molecule has 0 saturated carbocycles. The first kappa shape index (κ1) is 26.7. The molecule has 0 radical (unpaired) electrons. The molecule has 0 aliphatic heterocycles. The molecule has 1 heterocycles. The maximum Gasteiger partial charge on any atom is 0.417 e. The topological polar surface area (TPSA) is 59.4 Å². The molecule has 9 heteroatoms. The SMILES string of the molecule is CCO[C@H]1Cc2ccccc2C1Nc1c(CC)nc(-c2ccc(N(C)C)cc2C(F)(F)F)n(CC)c1=O. The number of nitrogens with zero attached hydrogens (tertiary/aromatic N) is 3. The van der Waals surface area contributed by atoms with Gasteiger partial charge >= 0.3 is 6.18 Å². The average molecular weight is 515 g/mol. The summed E-state index contributed by atoms with van der Waals surface area (Å²) in [6.45, 7) is 6.20. The number of anilines is 2. The van der Waals surface area contributed by atoms with Crippen LogP contribution in [0.25, 0.3) is 11.4 Å². The van der Waals surface area contributed by atoms with Crippen LogP contribution in [0.3, 0.4) is 0 Å². The lowest BCUT2D eigenvalue weighted by Crippen LogP contribution is -2.32. The van der Waals surface area contributed by atoms with E-state index in [0.29, 0.717) is 36.5 Å². The molecule has 0 saturated heterocycles. The number of fused-ring (bicyclic) bond motifs is 1. The number of ether oxygens (including phenoxy) is 1. The van der Waals surface area contributed by atoms with Gasteiger partial charge in [-0.2, -0.15) is 13.2 Å². The monoisotopic (exact) mass is 514 g/mol. The molecule has 1 aromatic heterocycles. The van der Waals surface area contributed by atoms with Crippen molar-refractivity contribution >= 4 is 11.4 Å². The maximum atomic E-state index is 14.1. The van der Waals surface area contributed by atoms with Crippen LogP contribution < -0.4 is 15.8 Å². The van der Waals surface area contributed by atoms with E-state index in [-0.39, 0.29) is 30.1 Å². The van der Waals surface area contributed by atoms with E-state index in [1.807, 2.05) is 38.1 Å². The quantitative estimate of drug-likeness (QED) is 0.419. The number of halogens is 3. The zero-order chi connectivity index (χ0) is 26.9. The Bertz CT molecular complexity index is 1330. The van der Waals surface area contributed by atoms with Gasteiger partial charge in [-0.1, -0.05) is 31.2 Å². The lowest BCUT2D eigenvalue weighted by atomic mass is 10.0. The minimum atomic E-state index is -4.61. The predicted octanol–water partition coefficient (Wildman–Crippen LogP) is 5.69. The first-order valence-electron chi connectivity index (χ1n) is 12.6. The van der Waals surface area contributed by atoms with Gasteiger partial charge < -0.3 is 15.0 Å². The molecule has 1 unspecified atom stereocenters. The molecule has 1 aliphatic carbocycles. The van der Waals surface area contributed by atoms with Crippen LogP contribution in [0.2, 0.25) is 0 Å². The predicted molar refractivity (Wildman–Crippen MR) is 140 cm³/mol. The molecule has 0 spiro atoms. The molecule has 3 aromatic rings. The van der Waals surface area contributed by atoms with E-state index < -0.39 is 17.3 Å². The van der Waals surface area contributed by atoms with Crippen molar-refractivity contribution in [2.24, 2.45) is 0 Å². The van der Waals surface area contributed by atoms with Crippen LogP contribution in [0, 0.1) is 0 Å². The van der Waals surface area contributed by atoms with E-state index in [1.54, 1.807) is 32.0 Å². The van der Waals surface area contributed by atoms with Crippen molar-refractivity contribution < 1.29 is 17.9 Å². The van der Waals surface area contributed by atoms with Crippen molar-refractivity contribution in [1.82, 2.24) is 9.55 Å². The number of aromatic nitrogens is 2. The van der Waals surface area contributed by atoms with Crippen LogP contribution in [0.5, 0.6) is 0 Å². The summed E-state index contributed by atoms with van der Waals surface area (Å²) in [4.78, 5) is 20.1. The van der Waals surface area contributed by atoms with E-state index in [1.165, 1.54) is 10.6 Å². The largest absolute Gasteiger partial charge is 0.417 e. The minimum absolute atomic E-state index is 0.0145. The second-order valence-corrected chi connectivity index (χ2v) is 9.30. The average Bonchev–Trinajstić information content (AvgIpc) is 3.21. The third kappa shape index (κ3) is 5.09. The number of aryl methyl sites for hydroxylation is 1. The van der Waals surface area contributed by atoms with Gasteiger partial charge in [0.1, 0.15) is 11.5 Å². The summed E-state index contributed by atoms with van der Waals surface area (Å²) in [6, 6.07) is 11.8. The Morgan fingerprint density at radius 2 is 1.86 bits per heavy atom. The zero-order valence-electron chi connectivity index (χ0n) is 21.8. The van der Waals surface area contributed by atoms with Crippen molar-refractivity contribution in [3.05, 3.63) is 75.2 Å². The summed E-state index contributed by atoms with van der Waals surface area (Å²) in [6.07, 6.45) is -3.69. The Kier molecular flexibility index (Phi) is 7.64. The standard InChI is InChI=1S/C28H33F3N4O2/c1-6-22-25(33-24-19-12-10-9-11-17(19)15-23(24)37-8-3)27(36)35(7-2)26(32-22)20-14-13-18(34(4)5)16-21(20)28(29,30)31/h9-14,16,23-24,33H,6-8,15H2,1-5H3/t23-,24?/m0/s1. The van der Waals surface area contributed by atoms with Gasteiger partial charge in [0.25, 0.3) is 5.56 Å². The fourth-order valence-electron chi connectivity index (χ4n) is 4.99. The molecule has 1 aliphatic rings. The van der Waals surface area contributed by atoms with Crippen LogP contribution in [-0.4, -0.2) is 36.4 Å². The lowest BCUT2D eigenvalue weighted by molar-refractivity contribution is -0.137. The molecule has 6 nitrogen and oxygen atoms in total. The highest BCUT2D eigenvalue weighted by Crippen LogP contribution is 2.40. The first-order chi connectivity index (χ1) is 17.6. The first-order valence-corrected chi connectivity index (χ1v) is 12.6. The fourth-order valence-corrected chi connectivity index (χ4v) is 4.99. The lowest BCUT2D eigenvalue weighted by Gasteiger charge is -2.25. The summed E-state index contributed by atoms with van der Waals surface area (Å²) >= 11 is 0. The highest BCUT2D eigenvalue weighted by Gasteiger charge is 2.37. The van der Waals surface area contributed by atoms with E-state index in [0.717, 1.165) is 17.2 Å². The van der Waals surface area contributed by atoms with E-state index >= 15 is 0 Å². The molecule has 0 fully saturated rings. The normalized spacial score (nSPS) is 17.1. The molecule has 0 amide bonds. The van der Waals surface area contributed by atoms with Crippen molar-refractivity contribution in [1.29, 1.82) is 0 Å². The van der Waals surface area contributed by atoms with Crippen LogP contribution in [0.4, 0.5) is 24.5 Å². The maximum absolute atomic E-state index is 14.1. The summed E-state index contributed by atoms with van der Waals surface area (Å²) in [5.74, 6) is 0.0145. The Morgan fingerprint density at radius 1 is 1.14 bits per heavy atom. The van der Waals surface area contributed by atoms with Gasteiger partial charge in [0.15, 0.2) is 0 Å². The third-order valence-electron chi connectivity index (χ3n) is 6.82. The van der Waals surface area contributed by atoms with E-state index in [2.05, 4.69) is 10.3 Å². The van der Waals surface area contributed by atoms with Crippen LogP contribution >= 0.6 is 0 Å². The number of hydrogen-bond acceptors (Lipinski definition) is 5. The van der Waals surface area contributed by atoms with Gasteiger partial charge in [0, 0.05) is 44.9 Å². The van der Waals surface area contributed by atoms with Crippen LogP contribution in [0.15, 0.2) is 47.3 Å². The summed E-state index contributed by atoms with van der Waals surface area (Å²) < 4.78 is 49.7. The van der Waals surface area contributed by atoms with Gasteiger partial charge in [0.05, 0.1) is 23.4 Å². The molecule has 37 heavy (non-hydrogen) atoms. The Hall–Kier alpha value is -3.33. The molecule has 2 atom stereocenters.